The van der Waals surface area contributed by atoms with Crippen molar-refractivity contribution in [3.8, 4) is 0 Å². The molecule has 0 spiro atoms. The molecule has 0 radical (unpaired) electrons. The van der Waals surface area contributed by atoms with Gasteiger partial charge in [0, 0.05) is 11.5 Å². The number of halogens is 1. The Balaban J connectivity index is 1.82. The van der Waals surface area contributed by atoms with Crippen LogP contribution in [0.5, 0.6) is 0 Å². The Labute approximate surface area is 148 Å². The molecule has 3 rings (SSSR count). The molecule has 2 aromatic carbocycles. The number of aromatic nitrogens is 2. The van der Waals surface area contributed by atoms with Gasteiger partial charge in [0.05, 0.1) is 17.1 Å². The van der Waals surface area contributed by atoms with Crippen LogP contribution in [0.1, 0.15) is 18.5 Å². The van der Waals surface area contributed by atoms with Crippen LogP contribution in [0.3, 0.4) is 0 Å². The molecule has 1 N–H and O–H groups in total. The fourth-order valence-corrected chi connectivity index (χ4v) is 3.48. The van der Waals surface area contributed by atoms with E-state index in [1.165, 1.54) is 4.57 Å². The summed E-state index contributed by atoms with van der Waals surface area (Å²) in [5, 5.41) is 2.95. The van der Waals surface area contributed by atoms with Gasteiger partial charge in [-0.25, -0.2) is 4.79 Å². The molecule has 0 fully saturated rings. The number of para-hydroxylation sites is 2. The average Bonchev–Trinajstić information content (AvgIpc) is 2.80. The molecule has 0 saturated heterocycles. The summed E-state index contributed by atoms with van der Waals surface area (Å²) in [4.78, 5) is 24.8. The van der Waals surface area contributed by atoms with Gasteiger partial charge in [0.25, 0.3) is 0 Å². The Morgan fingerprint density at radius 3 is 2.46 bits per heavy atom. The maximum absolute atomic E-state index is 12.4. The first kappa shape index (κ1) is 16.5. The topological polar surface area (TPSA) is 56.0 Å². The smallest absolute Gasteiger partial charge is 0.329 e. The molecule has 0 aliphatic rings. The number of benzene rings is 2. The molecule has 5 nitrogen and oxygen atoms in total. The minimum absolute atomic E-state index is 0.00498. The molecule has 6 heteroatoms. The number of hydrogen-bond acceptors (Lipinski definition) is 2. The van der Waals surface area contributed by atoms with Crippen LogP contribution >= 0.6 is 15.9 Å². The van der Waals surface area contributed by atoms with Crippen molar-refractivity contribution in [2.45, 2.75) is 19.5 Å². The van der Waals surface area contributed by atoms with Gasteiger partial charge in [0.15, 0.2) is 0 Å². The zero-order valence-corrected chi connectivity index (χ0v) is 15.1. The second-order valence-corrected chi connectivity index (χ2v) is 6.58. The molecule has 1 atom stereocenters. The molecule has 24 heavy (non-hydrogen) atoms. The van der Waals surface area contributed by atoms with Crippen molar-refractivity contribution in [1.82, 2.24) is 14.5 Å². The fraction of sp³-hybridized carbons (Fsp3) is 0.222. The number of nitrogens with zero attached hydrogens (tertiary/aromatic N) is 2. The van der Waals surface area contributed by atoms with Gasteiger partial charge < -0.3 is 5.32 Å². The molecule has 0 saturated carbocycles. The molecule has 124 valence electrons. The zero-order chi connectivity index (χ0) is 17.3. The van der Waals surface area contributed by atoms with Crippen LogP contribution in [0.25, 0.3) is 11.0 Å². The number of amides is 1. The van der Waals surface area contributed by atoms with Crippen molar-refractivity contribution >= 4 is 32.9 Å². The van der Waals surface area contributed by atoms with Crippen LogP contribution in [0.15, 0.2) is 57.8 Å². The van der Waals surface area contributed by atoms with Gasteiger partial charge in [-0.3, -0.25) is 13.9 Å². The van der Waals surface area contributed by atoms with Crippen LogP contribution in [0.4, 0.5) is 0 Å². The molecule has 1 unspecified atom stereocenters. The van der Waals surface area contributed by atoms with Crippen LogP contribution < -0.4 is 11.0 Å². The second-order valence-electron chi connectivity index (χ2n) is 5.73. The molecule has 1 heterocycles. The Bertz CT molecular complexity index is 958. The minimum atomic E-state index is -0.197. The van der Waals surface area contributed by atoms with Crippen molar-refractivity contribution in [2.75, 3.05) is 0 Å². The highest BCUT2D eigenvalue weighted by molar-refractivity contribution is 9.10. The summed E-state index contributed by atoms with van der Waals surface area (Å²) in [6.07, 6.45) is 0. The first-order valence-corrected chi connectivity index (χ1v) is 8.46. The summed E-state index contributed by atoms with van der Waals surface area (Å²) in [5.74, 6) is -0.197. The second kappa shape index (κ2) is 6.65. The van der Waals surface area contributed by atoms with E-state index in [0.29, 0.717) is 0 Å². The predicted octanol–water partition coefficient (Wildman–Crippen LogP) is 2.98. The van der Waals surface area contributed by atoms with E-state index >= 15 is 0 Å². The highest BCUT2D eigenvalue weighted by Gasteiger charge is 2.16. The van der Waals surface area contributed by atoms with Gasteiger partial charge >= 0.3 is 5.69 Å². The molecular weight excluding hydrogens is 370 g/mol. The first-order chi connectivity index (χ1) is 11.5. The predicted molar refractivity (Wildman–Crippen MR) is 97.9 cm³/mol. The first-order valence-electron chi connectivity index (χ1n) is 7.67. The van der Waals surface area contributed by atoms with Gasteiger partial charge in [0.2, 0.25) is 5.91 Å². The number of imidazole rings is 1. The lowest BCUT2D eigenvalue weighted by Crippen LogP contribution is -2.34. The van der Waals surface area contributed by atoms with Crippen LogP contribution in [0, 0.1) is 0 Å². The highest BCUT2D eigenvalue weighted by atomic mass is 79.9. The summed E-state index contributed by atoms with van der Waals surface area (Å²) in [7, 11) is 1.71. The Morgan fingerprint density at radius 2 is 1.75 bits per heavy atom. The number of fused-ring (bicyclic) bond motifs is 1. The van der Waals surface area contributed by atoms with Gasteiger partial charge in [-0.15, -0.1) is 0 Å². The van der Waals surface area contributed by atoms with Crippen molar-refractivity contribution in [2.24, 2.45) is 7.05 Å². The number of carbonyl (C=O) groups excluding carboxylic acids is 1. The third kappa shape index (κ3) is 3.01. The maximum atomic E-state index is 12.4. The third-order valence-corrected chi connectivity index (χ3v) is 4.82. The summed E-state index contributed by atoms with van der Waals surface area (Å²) >= 11 is 3.49. The summed E-state index contributed by atoms with van der Waals surface area (Å²) in [6, 6.07) is 15.1. The van der Waals surface area contributed by atoms with E-state index in [1.54, 1.807) is 11.6 Å². The molecule has 0 bridgehead atoms. The highest BCUT2D eigenvalue weighted by Crippen LogP contribution is 2.22. The minimum Gasteiger partial charge on any atom is -0.348 e. The molecule has 0 aliphatic heterocycles. The molecule has 1 amide bonds. The van der Waals surface area contributed by atoms with E-state index < -0.39 is 0 Å². The zero-order valence-electron chi connectivity index (χ0n) is 13.5. The van der Waals surface area contributed by atoms with Crippen LogP contribution in [-0.4, -0.2) is 15.0 Å². The van der Waals surface area contributed by atoms with Crippen molar-refractivity contribution in [3.05, 3.63) is 69.1 Å². The summed E-state index contributed by atoms with van der Waals surface area (Å²) in [6.45, 7) is 1.92. The lowest BCUT2D eigenvalue weighted by molar-refractivity contribution is -0.122. The van der Waals surface area contributed by atoms with E-state index in [2.05, 4.69) is 21.2 Å². The van der Waals surface area contributed by atoms with Crippen LogP contribution in [0.2, 0.25) is 0 Å². The van der Waals surface area contributed by atoms with Gasteiger partial charge in [-0.2, -0.15) is 0 Å². The number of hydrogen-bond donors (Lipinski definition) is 1. The largest absolute Gasteiger partial charge is 0.348 e. The summed E-state index contributed by atoms with van der Waals surface area (Å²) < 4.78 is 4.00. The number of aryl methyl sites for hydroxylation is 1. The molecule has 0 aliphatic carbocycles. The Hall–Kier alpha value is -2.34. The normalized spacial score (nSPS) is 12.3. The quantitative estimate of drug-likeness (QED) is 0.747. The monoisotopic (exact) mass is 387 g/mol. The molecule has 1 aromatic heterocycles. The molecular formula is C18H18BrN3O2. The van der Waals surface area contributed by atoms with E-state index in [4.69, 9.17) is 0 Å². The van der Waals surface area contributed by atoms with E-state index in [9.17, 15) is 9.59 Å². The average molecular weight is 388 g/mol. The van der Waals surface area contributed by atoms with E-state index in [-0.39, 0.29) is 24.2 Å². The maximum Gasteiger partial charge on any atom is 0.329 e. The van der Waals surface area contributed by atoms with Crippen molar-refractivity contribution in [3.63, 3.8) is 0 Å². The van der Waals surface area contributed by atoms with Crippen molar-refractivity contribution < 1.29 is 4.79 Å². The standard InChI is InChI=1S/C18H18BrN3O2/c1-12(13-7-3-4-8-14(13)19)20-17(23)11-22-16-10-6-5-9-15(16)21(2)18(22)24/h3-10,12H,11H2,1-2H3,(H,20,23). The SMILES string of the molecule is CC(NC(=O)Cn1c(=O)n(C)c2ccccc21)c1ccccc1Br. The Kier molecular flexibility index (Phi) is 4.57. The van der Waals surface area contributed by atoms with Gasteiger partial charge in [-0.1, -0.05) is 46.3 Å². The van der Waals surface area contributed by atoms with Gasteiger partial charge in [0.1, 0.15) is 6.54 Å². The third-order valence-electron chi connectivity index (χ3n) is 4.10. The number of carbonyl (C=O) groups is 1. The summed E-state index contributed by atoms with van der Waals surface area (Å²) in [5.41, 5.74) is 2.37. The van der Waals surface area contributed by atoms with Gasteiger partial charge in [-0.05, 0) is 30.7 Å². The fourth-order valence-electron chi connectivity index (χ4n) is 2.85. The van der Waals surface area contributed by atoms with Crippen molar-refractivity contribution in [1.29, 1.82) is 0 Å². The lowest BCUT2D eigenvalue weighted by Gasteiger charge is -2.16. The molecule has 3 aromatic rings. The van der Waals surface area contributed by atoms with E-state index in [0.717, 1.165) is 21.1 Å². The Morgan fingerprint density at radius 1 is 1.12 bits per heavy atom. The lowest BCUT2D eigenvalue weighted by atomic mass is 10.1. The van der Waals surface area contributed by atoms with E-state index in [1.807, 2.05) is 55.5 Å². The number of rotatable bonds is 4. The van der Waals surface area contributed by atoms with Crippen LogP contribution in [-0.2, 0) is 18.4 Å². The number of nitrogens with one attached hydrogen (secondary N) is 1.